The molecule has 0 saturated heterocycles. The molecule has 0 spiro atoms. The van der Waals surface area contributed by atoms with Crippen LogP contribution in [-0.2, 0) is 13.6 Å². The fourth-order valence-electron chi connectivity index (χ4n) is 0.609. The molecule has 0 aromatic rings. The molecule has 0 fully saturated rings. The standard InChI is InChI=1S/C7H18NO6P/c1-8(2)3-4-13-15(11,12)14-6-7(10)5-9/h7,9-10H,3-6H2,1-2H3,(H,11,12)/t7-/m1/s1. The number of aliphatic hydroxyl groups excluding tert-OH is 2. The Morgan fingerprint density at radius 2 is 2.00 bits per heavy atom. The third-order valence-corrected chi connectivity index (χ3v) is 2.42. The van der Waals surface area contributed by atoms with Crippen LogP contribution in [-0.4, -0.2) is 66.6 Å². The number of hydrogen-bond donors (Lipinski definition) is 3. The summed E-state index contributed by atoms with van der Waals surface area (Å²) in [4.78, 5) is 10.9. The van der Waals surface area contributed by atoms with E-state index in [4.69, 9.17) is 15.1 Å². The molecule has 0 aromatic carbocycles. The van der Waals surface area contributed by atoms with Crippen LogP contribution in [0.2, 0.25) is 0 Å². The monoisotopic (exact) mass is 243 g/mol. The fourth-order valence-corrected chi connectivity index (χ4v) is 1.36. The predicted octanol–water partition coefficient (Wildman–Crippen LogP) is -0.965. The zero-order valence-electron chi connectivity index (χ0n) is 8.87. The molecule has 3 N–H and O–H groups in total. The highest BCUT2D eigenvalue weighted by Crippen LogP contribution is 2.42. The molecule has 0 radical (unpaired) electrons. The maximum absolute atomic E-state index is 11.1. The Balaban J connectivity index is 3.72. The molecular formula is C7H18NO6P. The lowest BCUT2D eigenvalue weighted by molar-refractivity contribution is 0.0356. The Labute approximate surface area is 88.8 Å². The van der Waals surface area contributed by atoms with Gasteiger partial charge in [0.2, 0.25) is 0 Å². The first-order valence-corrected chi connectivity index (χ1v) is 5.92. The van der Waals surface area contributed by atoms with Crippen molar-refractivity contribution in [2.24, 2.45) is 0 Å². The van der Waals surface area contributed by atoms with Crippen molar-refractivity contribution in [1.82, 2.24) is 4.90 Å². The molecule has 0 aliphatic heterocycles. The van der Waals surface area contributed by atoms with E-state index in [2.05, 4.69) is 9.05 Å². The molecule has 0 heterocycles. The topological polar surface area (TPSA) is 99.5 Å². The number of rotatable bonds is 8. The smallest absolute Gasteiger partial charge is 0.394 e. The van der Waals surface area contributed by atoms with E-state index < -0.39 is 27.1 Å². The number of hydrogen-bond acceptors (Lipinski definition) is 6. The molecule has 0 aliphatic carbocycles. The van der Waals surface area contributed by atoms with Crippen LogP contribution in [0.5, 0.6) is 0 Å². The van der Waals surface area contributed by atoms with Crippen LogP contribution in [0.15, 0.2) is 0 Å². The van der Waals surface area contributed by atoms with Gasteiger partial charge in [0.1, 0.15) is 6.10 Å². The zero-order chi connectivity index (χ0) is 11.9. The van der Waals surface area contributed by atoms with Crippen molar-refractivity contribution < 1.29 is 28.7 Å². The van der Waals surface area contributed by atoms with Gasteiger partial charge in [-0.3, -0.25) is 9.05 Å². The van der Waals surface area contributed by atoms with Crippen LogP contribution in [0, 0.1) is 0 Å². The lowest BCUT2D eigenvalue weighted by atomic mass is 10.4. The third kappa shape index (κ3) is 8.95. The Kier molecular flexibility index (Phi) is 7.29. The van der Waals surface area contributed by atoms with E-state index in [9.17, 15) is 4.57 Å². The number of phosphoric acid groups is 1. The van der Waals surface area contributed by atoms with E-state index in [1.54, 1.807) is 19.0 Å². The van der Waals surface area contributed by atoms with E-state index in [-0.39, 0.29) is 6.61 Å². The Morgan fingerprint density at radius 1 is 1.40 bits per heavy atom. The molecule has 0 rings (SSSR count). The first kappa shape index (κ1) is 15.0. The minimum Gasteiger partial charge on any atom is -0.394 e. The van der Waals surface area contributed by atoms with E-state index in [1.165, 1.54) is 0 Å². The molecule has 7 nitrogen and oxygen atoms in total. The summed E-state index contributed by atoms with van der Waals surface area (Å²) in [6.07, 6.45) is -1.18. The fraction of sp³-hybridized carbons (Fsp3) is 1.00. The minimum atomic E-state index is -4.11. The summed E-state index contributed by atoms with van der Waals surface area (Å²) in [5, 5.41) is 17.3. The van der Waals surface area contributed by atoms with Gasteiger partial charge in [0.25, 0.3) is 0 Å². The minimum absolute atomic E-state index is 0.0516. The van der Waals surface area contributed by atoms with Crippen LogP contribution >= 0.6 is 7.82 Å². The van der Waals surface area contributed by atoms with Gasteiger partial charge >= 0.3 is 7.82 Å². The van der Waals surface area contributed by atoms with Crippen molar-refractivity contribution >= 4 is 7.82 Å². The van der Waals surface area contributed by atoms with E-state index in [0.717, 1.165) is 0 Å². The van der Waals surface area contributed by atoms with Crippen molar-refractivity contribution in [3.05, 3.63) is 0 Å². The molecule has 2 atom stereocenters. The van der Waals surface area contributed by atoms with Crippen LogP contribution in [0.4, 0.5) is 0 Å². The molecular weight excluding hydrogens is 225 g/mol. The summed E-state index contributed by atoms with van der Waals surface area (Å²) in [5.41, 5.74) is 0. The highest BCUT2D eigenvalue weighted by Gasteiger charge is 2.22. The van der Waals surface area contributed by atoms with Crippen molar-refractivity contribution in [3.63, 3.8) is 0 Å². The van der Waals surface area contributed by atoms with Gasteiger partial charge in [-0.05, 0) is 14.1 Å². The van der Waals surface area contributed by atoms with Gasteiger partial charge < -0.3 is 20.0 Å². The van der Waals surface area contributed by atoms with Gasteiger partial charge in [-0.25, -0.2) is 4.57 Å². The van der Waals surface area contributed by atoms with Crippen molar-refractivity contribution in [2.45, 2.75) is 6.10 Å². The summed E-state index contributed by atoms with van der Waals surface area (Å²) < 4.78 is 20.1. The van der Waals surface area contributed by atoms with E-state index >= 15 is 0 Å². The number of likely N-dealkylation sites (N-methyl/N-ethyl adjacent to an activating group) is 1. The van der Waals surface area contributed by atoms with Crippen LogP contribution in [0.1, 0.15) is 0 Å². The molecule has 0 aliphatic rings. The molecule has 0 bridgehead atoms. The maximum atomic E-state index is 11.1. The molecule has 0 aromatic heterocycles. The summed E-state index contributed by atoms with van der Waals surface area (Å²) in [6.45, 7) is -0.434. The van der Waals surface area contributed by atoms with Crippen molar-refractivity contribution in [3.8, 4) is 0 Å². The number of phosphoric ester groups is 1. The third-order valence-electron chi connectivity index (χ3n) is 1.43. The largest absolute Gasteiger partial charge is 0.472 e. The average molecular weight is 243 g/mol. The van der Waals surface area contributed by atoms with Gasteiger partial charge in [-0.2, -0.15) is 0 Å². The highest BCUT2D eigenvalue weighted by atomic mass is 31.2. The summed E-state index contributed by atoms with van der Waals surface area (Å²) in [5.74, 6) is 0. The van der Waals surface area contributed by atoms with Crippen LogP contribution in [0.3, 0.4) is 0 Å². The molecule has 0 saturated carbocycles. The second kappa shape index (κ2) is 7.29. The summed E-state index contributed by atoms with van der Waals surface area (Å²) >= 11 is 0. The van der Waals surface area contributed by atoms with Crippen molar-refractivity contribution in [1.29, 1.82) is 0 Å². The lowest BCUT2D eigenvalue weighted by Crippen LogP contribution is -2.20. The van der Waals surface area contributed by atoms with E-state index in [0.29, 0.717) is 6.54 Å². The van der Waals surface area contributed by atoms with Crippen LogP contribution in [0.25, 0.3) is 0 Å². The van der Waals surface area contributed by atoms with Gasteiger partial charge in [0.05, 0.1) is 19.8 Å². The van der Waals surface area contributed by atoms with Gasteiger partial charge in [-0.15, -0.1) is 0 Å². The molecule has 92 valence electrons. The quantitative estimate of drug-likeness (QED) is 0.472. The van der Waals surface area contributed by atoms with E-state index in [1.807, 2.05) is 0 Å². The molecule has 0 amide bonds. The molecule has 8 heteroatoms. The Bertz CT molecular complexity index is 212. The first-order valence-electron chi connectivity index (χ1n) is 4.43. The number of nitrogens with zero attached hydrogens (tertiary/aromatic N) is 1. The zero-order valence-corrected chi connectivity index (χ0v) is 9.76. The number of aliphatic hydroxyl groups is 2. The van der Waals surface area contributed by atoms with Crippen LogP contribution < -0.4 is 0 Å². The average Bonchev–Trinajstić information content (AvgIpc) is 2.13. The lowest BCUT2D eigenvalue weighted by Gasteiger charge is -2.15. The van der Waals surface area contributed by atoms with Gasteiger partial charge in [-0.1, -0.05) is 0 Å². The van der Waals surface area contributed by atoms with Gasteiger partial charge in [0.15, 0.2) is 0 Å². The maximum Gasteiger partial charge on any atom is 0.472 e. The van der Waals surface area contributed by atoms with Gasteiger partial charge in [0, 0.05) is 6.54 Å². The predicted molar refractivity (Wildman–Crippen MR) is 53.4 cm³/mol. The molecule has 15 heavy (non-hydrogen) atoms. The van der Waals surface area contributed by atoms with Crippen molar-refractivity contribution in [2.75, 3.05) is 40.5 Å². The summed E-state index contributed by atoms with van der Waals surface area (Å²) in [6, 6.07) is 0. The Morgan fingerprint density at radius 3 is 2.47 bits per heavy atom. The molecule has 1 unspecified atom stereocenters. The normalized spacial score (nSPS) is 17.7. The second-order valence-electron chi connectivity index (χ2n) is 3.24. The SMILES string of the molecule is CN(C)CCOP(=O)(O)OC[C@H](O)CO. The summed E-state index contributed by atoms with van der Waals surface area (Å²) in [7, 11) is -0.526. The first-order chi connectivity index (χ1) is 6.87. The Hall–Kier alpha value is -0.0100. The highest BCUT2D eigenvalue weighted by molar-refractivity contribution is 7.47. The second-order valence-corrected chi connectivity index (χ2v) is 4.69.